The van der Waals surface area contributed by atoms with E-state index in [2.05, 4.69) is 10.6 Å². The number of nitrogens with one attached hydrogen (secondary N) is 2. The Bertz CT molecular complexity index is 1090. The average molecular weight is 495 g/mol. The number of esters is 1. The molecule has 0 radical (unpaired) electrons. The fourth-order valence-electron chi connectivity index (χ4n) is 3.18. The molecule has 1 aliphatic carbocycles. The van der Waals surface area contributed by atoms with E-state index in [4.69, 9.17) is 37.4 Å². The minimum atomic E-state index is -1.17. The molecule has 2 aromatic carbocycles. The zero-order chi connectivity index (χ0) is 24.3. The van der Waals surface area contributed by atoms with E-state index in [0.717, 1.165) is 6.42 Å². The van der Waals surface area contributed by atoms with Crippen molar-refractivity contribution in [3.05, 3.63) is 45.9 Å². The van der Waals surface area contributed by atoms with Gasteiger partial charge in [0.15, 0.2) is 17.6 Å². The molecule has 1 saturated carbocycles. The van der Waals surface area contributed by atoms with Gasteiger partial charge in [-0.15, -0.1) is 0 Å². The van der Waals surface area contributed by atoms with E-state index < -0.39 is 18.0 Å². The van der Waals surface area contributed by atoms with Crippen LogP contribution in [0, 0.1) is 11.8 Å². The number of amides is 2. The maximum atomic E-state index is 13.0. The van der Waals surface area contributed by atoms with Crippen LogP contribution < -0.4 is 20.1 Å². The minimum Gasteiger partial charge on any atom is -0.493 e. The molecule has 0 aliphatic heterocycles. The predicted molar refractivity (Wildman–Crippen MR) is 125 cm³/mol. The lowest BCUT2D eigenvalue weighted by atomic mass is 10.1. The Morgan fingerprint density at radius 3 is 2.27 bits per heavy atom. The number of anilines is 2. The second-order valence-electron chi connectivity index (χ2n) is 7.70. The number of carbonyl (C=O) groups is 3. The van der Waals surface area contributed by atoms with Crippen molar-refractivity contribution < 1.29 is 28.6 Å². The van der Waals surface area contributed by atoms with Crippen LogP contribution in [-0.2, 0) is 14.3 Å². The highest BCUT2D eigenvalue weighted by Crippen LogP contribution is 2.40. The van der Waals surface area contributed by atoms with E-state index in [0.29, 0.717) is 5.75 Å². The maximum absolute atomic E-state index is 13.0. The number of halogens is 2. The summed E-state index contributed by atoms with van der Waals surface area (Å²) < 4.78 is 15.9. The molecule has 10 heteroatoms. The molecule has 33 heavy (non-hydrogen) atoms. The molecule has 2 amide bonds. The first kappa shape index (κ1) is 24.7. The van der Waals surface area contributed by atoms with Gasteiger partial charge in [0.05, 0.1) is 41.2 Å². The molecule has 1 fully saturated rings. The van der Waals surface area contributed by atoms with Crippen LogP contribution in [0.15, 0.2) is 30.3 Å². The SMILES string of the molecule is COc1cc(NC(=O)C2CC2C)c(C(=O)OC(C)C(=O)Nc2cccc(Cl)c2Cl)cc1OC. The first-order valence-corrected chi connectivity index (χ1v) is 10.9. The highest BCUT2D eigenvalue weighted by Gasteiger charge is 2.39. The van der Waals surface area contributed by atoms with Gasteiger partial charge < -0.3 is 24.8 Å². The lowest BCUT2D eigenvalue weighted by Gasteiger charge is -2.18. The Morgan fingerprint density at radius 2 is 1.67 bits per heavy atom. The van der Waals surface area contributed by atoms with Crippen molar-refractivity contribution in [1.29, 1.82) is 0 Å². The summed E-state index contributed by atoms with van der Waals surface area (Å²) in [6, 6.07) is 7.65. The van der Waals surface area contributed by atoms with E-state index >= 15 is 0 Å². The summed E-state index contributed by atoms with van der Waals surface area (Å²) in [4.78, 5) is 38.0. The lowest BCUT2D eigenvalue weighted by molar-refractivity contribution is -0.123. The van der Waals surface area contributed by atoms with Crippen molar-refractivity contribution in [2.45, 2.75) is 26.4 Å². The Balaban J connectivity index is 1.80. The number of hydrogen-bond donors (Lipinski definition) is 2. The zero-order valence-corrected chi connectivity index (χ0v) is 20.0. The predicted octanol–water partition coefficient (Wildman–Crippen LogP) is 4.79. The molecule has 3 atom stereocenters. The van der Waals surface area contributed by atoms with Gasteiger partial charge in [-0.3, -0.25) is 9.59 Å². The van der Waals surface area contributed by atoms with E-state index in [1.54, 1.807) is 18.2 Å². The third kappa shape index (κ3) is 5.69. The molecule has 2 aromatic rings. The smallest absolute Gasteiger partial charge is 0.341 e. The Labute approximate surface area is 201 Å². The van der Waals surface area contributed by atoms with Crippen molar-refractivity contribution in [1.82, 2.24) is 0 Å². The molecule has 0 aromatic heterocycles. The molecule has 1 aliphatic rings. The second-order valence-corrected chi connectivity index (χ2v) is 8.48. The number of carbonyl (C=O) groups excluding carboxylic acids is 3. The van der Waals surface area contributed by atoms with Gasteiger partial charge in [0.2, 0.25) is 5.91 Å². The van der Waals surface area contributed by atoms with Crippen LogP contribution in [-0.4, -0.2) is 38.1 Å². The third-order valence-corrected chi connectivity index (χ3v) is 6.13. The van der Waals surface area contributed by atoms with Crippen molar-refractivity contribution >= 4 is 52.4 Å². The van der Waals surface area contributed by atoms with E-state index in [-0.39, 0.29) is 50.5 Å². The molecular formula is C23H24Cl2N2O6. The van der Waals surface area contributed by atoms with Gasteiger partial charge in [-0.2, -0.15) is 0 Å². The highest BCUT2D eigenvalue weighted by molar-refractivity contribution is 6.44. The standard InChI is InChI=1S/C23H24Cl2N2O6/c1-11-8-13(11)22(29)27-17-10-19(32-4)18(31-3)9-14(17)23(30)33-12(2)21(28)26-16-7-5-6-15(24)20(16)25/h5-7,9-13H,8H2,1-4H3,(H,26,28)(H,27,29). The fraction of sp³-hybridized carbons (Fsp3) is 0.348. The molecule has 2 N–H and O–H groups in total. The van der Waals surface area contributed by atoms with Gasteiger partial charge >= 0.3 is 5.97 Å². The third-order valence-electron chi connectivity index (χ3n) is 5.31. The number of ether oxygens (including phenoxy) is 3. The van der Waals surface area contributed by atoms with Crippen LogP contribution in [0.4, 0.5) is 11.4 Å². The van der Waals surface area contributed by atoms with E-state index in [1.807, 2.05) is 6.92 Å². The van der Waals surface area contributed by atoms with Crippen molar-refractivity contribution in [3.8, 4) is 11.5 Å². The maximum Gasteiger partial charge on any atom is 0.341 e. The highest BCUT2D eigenvalue weighted by atomic mass is 35.5. The summed E-state index contributed by atoms with van der Waals surface area (Å²) in [5.74, 6) is -0.873. The Hall–Kier alpha value is -2.97. The van der Waals surface area contributed by atoms with Crippen LogP contribution >= 0.6 is 23.2 Å². The van der Waals surface area contributed by atoms with E-state index in [9.17, 15) is 14.4 Å². The quantitative estimate of drug-likeness (QED) is 0.511. The normalized spacial score (nSPS) is 17.5. The molecule has 8 nitrogen and oxygen atoms in total. The van der Waals surface area contributed by atoms with Gasteiger partial charge in [-0.05, 0) is 31.4 Å². The summed E-state index contributed by atoms with van der Waals surface area (Å²) in [6.45, 7) is 3.39. The van der Waals surface area contributed by atoms with E-state index in [1.165, 1.54) is 33.3 Å². The topological polar surface area (TPSA) is 103 Å². The van der Waals surface area contributed by atoms with Crippen LogP contribution in [0.25, 0.3) is 0 Å². The van der Waals surface area contributed by atoms with Gasteiger partial charge in [-0.1, -0.05) is 36.2 Å². The minimum absolute atomic E-state index is 0.0229. The summed E-state index contributed by atoms with van der Waals surface area (Å²) in [5, 5.41) is 5.78. The first-order chi connectivity index (χ1) is 15.7. The number of hydrogen-bond acceptors (Lipinski definition) is 6. The van der Waals surface area contributed by atoms with Crippen LogP contribution in [0.3, 0.4) is 0 Å². The van der Waals surface area contributed by atoms with Gasteiger partial charge in [0.1, 0.15) is 0 Å². The molecule has 0 bridgehead atoms. The summed E-state index contributed by atoms with van der Waals surface area (Å²) in [5.41, 5.74) is 0.511. The van der Waals surface area contributed by atoms with Gasteiger partial charge in [0, 0.05) is 18.1 Å². The molecule has 0 spiro atoms. The molecular weight excluding hydrogens is 471 g/mol. The van der Waals surface area contributed by atoms with Crippen molar-refractivity contribution in [2.24, 2.45) is 11.8 Å². The van der Waals surface area contributed by atoms with Crippen LogP contribution in [0.1, 0.15) is 30.6 Å². The number of rotatable bonds is 8. The Kier molecular flexibility index (Phi) is 7.71. The summed E-state index contributed by atoms with van der Waals surface area (Å²) in [6.07, 6.45) is -0.394. The second kappa shape index (κ2) is 10.3. The van der Waals surface area contributed by atoms with Crippen molar-refractivity contribution in [3.63, 3.8) is 0 Å². The largest absolute Gasteiger partial charge is 0.493 e. The number of benzene rings is 2. The molecule has 176 valence electrons. The fourth-order valence-corrected chi connectivity index (χ4v) is 3.52. The number of methoxy groups -OCH3 is 2. The summed E-state index contributed by atoms with van der Waals surface area (Å²) in [7, 11) is 2.86. The zero-order valence-electron chi connectivity index (χ0n) is 18.5. The average Bonchev–Trinajstić information content (AvgIpc) is 3.53. The summed E-state index contributed by atoms with van der Waals surface area (Å²) >= 11 is 12.1. The van der Waals surface area contributed by atoms with Crippen LogP contribution in [0.5, 0.6) is 11.5 Å². The molecule has 0 saturated heterocycles. The van der Waals surface area contributed by atoms with Gasteiger partial charge in [-0.25, -0.2) is 4.79 Å². The van der Waals surface area contributed by atoms with Crippen molar-refractivity contribution in [2.75, 3.05) is 24.9 Å². The Morgan fingerprint density at radius 1 is 1.03 bits per heavy atom. The molecule has 3 rings (SSSR count). The molecule has 3 unspecified atom stereocenters. The lowest BCUT2D eigenvalue weighted by Crippen LogP contribution is -2.30. The molecule has 0 heterocycles. The first-order valence-electron chi connectivity index (χ1n) is 10.2. The van der Waals surface area contributed by atoms with Crippen LogP contribution in [0.2, 0.25) is 10.0 Å². The monoisotopic (exact) mass is 494 g/mol. The van der Waals surface area contributed by atoms with Gasteiger partial charge in [0.25, 0.3) is 5.91 Å².